The molecule has 0 aromatic rings. The predicted octanol–water partition coefficient (Wildman–Crippen LogP) is 0.690. The molecule has 3 N–H and O–H groups in total. The van der Waals surface area contributed by atoms with E-state index in [1.807, 2.05) is 11.8 Å². The van der Waals surface area contributed by atoms with Crippen LogP contribution in [0.25, 0.3) is 0 Å². The van der Waals surface area contributed by atoms with Crippen LogP contribution < -0.4 is 11.1 Å². The van der Waals surface area contributed by atoms with E-state index in [4.69, 9.17) is 5.73 Å². The van der Waals surface area contributed by atoms with Crippen LogP contribution in [0.5, 0.6) is 0 Å². The summed E-state index contributed by atoms with van der Waals surface area (Å²) in [6.07, 6.45) is 1.99. The number of hydrogen-bond donors (Lipinski definition) is 2. The van der Waals surface area contributed by atoms with Crippen LogP contribution in [-0.4, -0.2) is 41.5 Å². The Morgan fingerprint density at radius 1 is 1.43 bits per heavy atom. The average Bonchev–Trinajstić information content (AvgIpc) is 2.25. The summed E-state index contributed by atoms with van der Waals surface area (Å²) in [5, 5.41) is 3.13. The van der Waals surface area contributed by atoms with Crippen molar-refractivity contribution in [1.82, 2.24) is 5.32 Å². The molecular weight excluding hydrogens is 216 g/mol. The number of carbonyl (C=O) groups is 1. The summed E-state index contributed by atoms with van der Waals surface area (Å²) in [7, 11) is 0. The van der Waals surface area contributed by atoms with Gasteiger partial charge in [0.25, 0.3) is 0 Å². The normalized spacial score (nSPS) is 21.9. The molecule has 1 atom stereocenters. The molecule has 1 amide bonds. The fraction of sp³-hybridized carbons (Fsp3) is 0.889. The molecule has 1 unspecified atom stereocenters. The maximum absolute atomic E-state index is 11.6. The van der Waals surface area contributed by atoms with Crippen LogP contribution >= 0.6 is 23.5 Å². The third-order valence-electron chi connectivity index (χ3n) is 2.04. The highest BCUT2D eigenvalue weighted by Gasteiger charge is 2.21. The zero-order valence-corrected chi connectivity index (χ0v) is 9.96. The Balaban J connectivity index is 2.07. The quantitative estimate of drug-likeness (QED) is 0.687. The molecule has 1 heterocycles. The van der Waals surface area contributed by atoms with Crippen LogP contribution in [0.2, 0.25) is 0 Å². The zero-order valence-electron chi connectivity index (χ0n) is 8.33. The molecule has 14 heavy (non-hydrogen) atoms. The van der Waals surface area contributed by atoms with Crippen molar-refractivity contribution in [2.45, 2.75) is 18.1 Å². The minimum Gasteiger partial charge on any atom is -0.355 e. The fourth-order valence-electron chi connectivity index (χ4n) is 1.23. The van der Waals surface area contributed by atoms with Gasteiger partial charge in [0.1, 0.15) is 0 Å². The summed E-state index contributed by atoms with van der Waals surface area (Å²) in [6, 6.07) is 0. The summed E-state index contributed by atoms with van der Waals surface area (Å²) in [5.74, 6) is 3.46. The standard InChI is InChI=1S/C9H18N2OS2/c10-3-1-2-4-11-9(12)8-7-13-5-6-14-8/h8H,1-7,10H2,(H,11,12). The number of hydrogen-bond acceptors (Lipinski definition) is 4. The average molecular weight is 234 g/mol. The molecule has 1 aliphatic heterocycles. The number of carbonyl (C=O) groups excluding carboxylic acids is 1. The molecule has 3 nitrogen and oxygen atoms in total. The van der Waals surface area contributed by atoms with E-state index in [0.717, 1.165) is 30.9 Å². The van der Waals surface area contributed by atoms with Crippen molar-refractivity contribution in [3.8, 4) is 0 Å². The summed E-state index contributed by atoms with van der Waals surface area (Å²) in [4.78, 5) is 11.6. The summed E-state index contributed by atoms with van der Waals surface area (Å²) in [5.41, 5.74) is 5.37. The lowest BCUT2D eigenvalue weighted by Gasteiger charge is -2.20. The minimum atomic E-state index is 0.173. The van der Waals surface area contributed by atoms with Gasteiger partial charge in [-0.05, 0) is 19.4 Å². The largest absolute Gasteiger partial charge is 0.355 e. The van der Waals surface area contributed by atoms with Crippen molar-refractivity contribution in [3.63, 3.8) is 0 Å². The van der Waals surface area contributed by atoms with E-state index in [1.54, 1.807) is 11.8 Å². The van der Waals surface area contributed by atoms with Crippen LogP contribution in [0.1, 0.15) is 12.8 Å². The third kappa shape index (κ3) is 4.57. The lowest BCUT2D eigenvalue weighted by Crippen LogP contribution is -2.36. The molecular formula is C9H18N2OS2. The van der Waals surface area contributed by atoms with Gasteiger partial charge < -0.3 is 11.1 Å². The van der Waals surface area contributed by atoms with Gasteiger partial charge in [-0.25, -0.2) is 0 Å². The first-order valence-corrected chi connectivity index (χ1v) is 7.22. The minimum absolute atomic E-state index is 0.173. The molecule has 0 aliphatic carbocycles. The molecule has 1 saturated heterocycles. The highest BCUT2D eigenvalue weighted by Crippen LogP contribution is 2.23. The molecule has 0 aromatic heterocycles. The second-order valence-electron chi connectivity index (χ2n) is 3.22. The molecule has 0 aromatic carbocycles. The number of amides is 1. The second kappa shape index (κ2) is 7.43. The van der Waals surface area contributed by atoms with Gasteiger partial charge in [0, 0.05) is 23.8 Å². The van der Waals surface area contributed by atoms with Crippen molar-refractivity contribution in [2.24, 2.45) is 5.73 Å². The highest BCUT2D eigenvalue weighted by molar-refractivity contribution is 8.07. The highest BCUT2D eigenvalue weighted by atomic mass is 32.2. The summed E-state index contributed by atoms with van der Waals surface area (Å²) in [6.45, 7) is 1.49. The van der Waals surface area contributed by atoms with Gasteiger partial charge >= 0.3 is 0 Å². The molecule has 1 aliphatic rings. The fourth-order valence-corrected chi connectivity index (χ4v) is 3.82. The molecule has 1 fully saturated rings. The summed E-state index contributed by atoms with van der Waals surface area (Å²) >= 11 is 3.65. The van der Waals surface area contributed by atoms with Gasteiger partial charge in [-0.1, -0.05) is 0 Å². The van der Waals surface area contributed by atoms with Crippen LogP contribution in [-0.2, 0) is 4.79 Å². The Labute approximate surface area is 94.0 Å². The van der Waals surface area contributed by atoms with Crippen molar-refractivity contribution >= 4 is 29.4 Å². The number of unbranched alkanes of at least 4 members (excludes halogenated alkanes) is 1. The Morgan fingerprint density at radius 3 is 2.93 bits per heavy atom. The number of nitrogens with two attached hydrogens (primary N) is 1. The molecule has 0 radical (unpaired) electrons. The van der Waals surface area contributed by atoms with Gasteiger partial charge in [-0.2, -0.15) is 11.8 Å². The van der Waals surface area contributed by atoms with Gasteiger partial charge in [0.15, 0.2) is 0 Å². The lowest BCUT2D eigenvalue weighted by atomic mass is 10.3. The molecule has 0 spiro atoms. The Hall–Kier alpha value is 0.130. The van der Waals surface area contributed by atoms with Crippen LogP contribution in [0.15, 0.2) is 0 Å². The topological polar surface area (TPSA) is 55.1 Å². The first-order chi connectivity index (χ1) is 6.84. The second-order valence-corrected chi connectivity index (χ2v) is 5.68. The van der Waals surface area contributed by atoms with Crippen molar-refractivity contribution in [3.05, 3.63) is 0 Å². The third-order valence-corrected chi connectivity index (χ3v) is 4.79. The number of nitrogens with one attached hydrogen (secondary N) is 1. The van der Waals surface area contributed by atoms with Crippen molar-refractivity contribution in [2.75, 3.05) is 30.3 Å². The van der Waals surface area contributed by atoms with Gasteiger partial charge in [-0.3, -0.25) is 4.79 Å². The Morgan fingerprint density at radius 2 is 2.29 bits per heavy atom. The molecule has 0 saturated carbocycles. The van der Waals surface area contributed by atoms with Gasteiger partial charge in [-0.15, -0.1) is 11.8 Å². The van der Waals surface area contributed by atoms with Crippen molar-refractivity contribution in [1.29, 1.82) is 0 Å². The van der Waals surface area contributed by atoms with E-state index < -0.39 is 0 Å². The van der Waals surface area contributed by atoms with E-state index in [9.17, 15) is 4.79 Å². The first-order valence-electron chi connectivity index (χ1n) is 5.01. The van der Waals surface area contributed by atoms with E-state index in [2.05, 4.69) is 5.32 Å². The van der Waals surface area contributed by atoms with E-state index >= 15 is 0 Å². The Kier molecular flexibility index (Phi) is 6.47. The zero-order chi connectivity index (χ0) is 10.2. The van der Waals surface area contributed by atoms with Gasteiger partial charge in [0.05, 0.1) is 5.25 Å². The Bertz CT molecular complexity index is 172. The van der Waals surface area contributed by atoms with E-state index in [0.29, 0.717) is 6.54 Å². The van der Waals surface area contributed by atoms with Crippen LogP contribution in [0.4, 0.5) is 0 Å². The number of thioether (sulfide) groups is 2. The molecule has 5 heteroatoms. The van der Waals surface area contributed by atoms with Crippen LogP contribution in [0.3, 0.4) is 0 Å². The first kappa shape index (κ1) is 12.2. The number of rotatable bonds is 5. The SMILES string of the molecule is NCCCCNC(=O)C1CSCCS1. The smallest absolute Gasteiger partial charge is 0.233 e. The van der Waals surface area contributed by atoms with Gasteiger partial charge in [0.2, 0.25) is 5.91 Å². The molecule has 82 valence electrons. The lowest BCUT2D eigenvalue weighted by molar-refractivity contribution is -0.120. The monoisotopic (exact) mass is 234 g/mol. The summed E-state index contributed by atoms with van der Waals surface area (Å²) < 4.78 is 0. The predicted molar refractivity (Wildman–Crippen MR) is 64.9 cm³/mol. The van der Waals surface area contributed by atoms with Crippen LogP contribution in [0, 0.1) is 0 Å². The van der Waals surface area contributed by atoms with E-state index in [-0.39, 0.29) is 11.2 Å². The maximum atomic E-state index is 11.6. The molecule has 1 rings (SSSR count). The maximum Gasteiger partial charge on any atom is 0.233 e. The molecule has 0 bridgehead atoms. The van der Waals surface area contributed by atoms with E-state index in [1.165, 1.54) is 5.75 Å². The van der Waals surface area contributed by atoms with Crippen molar-refractivity contribution < 1.29 is 4.79 Å².